The van der Waals surface area contributed by atoms with Crippen molar-refractivity contribution in [2.75, 3.05) is 20.2 Å². The molecule has 0 aliphatic rings. The van der Waals surface area contributed by atoms with Gasteiger partial charge in [0, 0.05) is 13.1 Å². The van der Waals surface area contributed by atoms with E-state index in [1.807, 2.05) is 24.3 Å². The van der Waals surface area contributed by atoms with Crippen molar-refractivity contribution in [3.63, 3.8) is 0 Å². The van der Waals surface area contributed by atoms with Crippen LogP contribution in [-0.4, -0.2) is 26.2 Å². The Morgan fingerprint density at radius 1 is 1.28 bits per heavy atom. The minimum atomic E-state index is -0.112. The molecule has 0 aliphatic heterocycles. The fourth-order valence-corrected chi connectivity index (χ4v) is 1.58. The van der Waals surface area contributed by atoms with Crippen LogP contribution >= 0.6 is 0 Å². The van der Waals surface area contributed by atoms with Crippen molar-refractivity contribution < 1.29 is 9.53 Å². The van der Waals surface area contributed by atoms with Gasteiger partial charge in [0.25, 0.3) is 0 Å². The molecular formula is C14H22N2O2. The second-order valence-electron chi connectivity index (χ2n) is 4.59. The van der Waals surface area contributed by atoms with Crippen LogP contribution in [0.5, 0.6) is 5.75 Å². The molecule has 0 aliphatic carbocycles. The van der Waals surface area contributed by atoms with Crippen molar-refractivity contribution >= 4 is 6.03 Å². The van der Waals surface area contributed by atoms with Crippen LogP contribution in [0.15, 0.2) is 24.3 Å². The summed E-state index contributed by atoms with van der Waals surface area (Å²) in [6.07, 6.45) is 0.763. The van der Waals surface area contributed by atoms with Crippen molar-refractivity contribution in [3.05, 3.63) is 29.8 Å². The summed E-state index contributed by atoms with van der Waals surface area (Å²) in [5.74, 6) is 1.33. The predicted molar refractivity (Wildman–Crippen MR) is 72.9 cm³/mol. The van der Waals surface area contributed by atoms with Crippen LogP contribution in [-0.2, 0) is 6.42 Å². The van der Waals surface area contributed by atoms with Gasteiger partial charge in [0.2, 0.25) is 0 Å². The van der Waals surface area contributed by atoms with E-state index in [9.17, 15) is 4.79 Å². The quantitative estimate of drug-likeness (QED) is 0.813. The highest BCUT2D eigenvalue weighted by Crippen LogP contribution is 2.17. The van der Waals surface area contributed by atoms with Crippen molar-refractivity contribution in [1.82, 2.24) is 10.6 Å². The molecular weight excluding hydrogens is 228 g/mol. The third-order valence-electron chi connectivity index (χ3n) is 2.54. The van der Waals surface area contributed by atoms with Crippen LogP contribution in [0, 0.1) is 5.92 Å². The summed E-state index contributed by atoms with van der Waals surface area (Å²) in [6, 6.07) is 7.72. The molecule has 4 heteroatoms. The summed E-state index contributed by atoms with van der Waals surface area (Å²) in [6.45, 7) is 5.43. The Bertz CT molecular complexity index is 378. The average molecular weight is 250 g/mol. The molecule has 1 aromatic rings. The fourth-order valence-electron chi connectivity index (χ4n) is 1.58. The number of carbonyl (C=O) groups excluding carboxylic acids is 1. The van der Waals surface area contributed by atoms with Crippen molar-refractivity contribution in [2.45, 2.75) is 20.3 Å². The monoisotopic (exact) mass is 250 g/mol. The number of para-hydroxylation sites is 1. The topological polar surface area (TPSA) is 50.4 Å². The molecule has 0 saturated carbocycles. The van der Waals surface area contributed by atoms with Gasteiger partial charge >= 0.3 is 6.03 Å². The number of ether oxygens (including phenoxy) is 1. The molecule has 0 atom stereocenters. The molecule has 1 aromatic carbocycles. The molecule has 18 heavy (non-hydrogen) atoms. The first-order valence-corrected chi connectivity index (χ1v) is 6.27. The maximum absolute atomic E-state index is 11.4. The van der Waals surface area contributed by atoms with Gasteiger partial charge in [-0.3, -0.25) is 0 Å². The zero-order valence-electron chi connectivity index (χ0n) is 11.3. The number of hydrogen-bond donors (Lipinski definition) is 2. The number of nitrogens with one attached hydrogen (secondary N) is 2. The first kappa shape index (κ1) is 14.4. The van der Waals surface area contributed by atoms with Gasteiger partial charge in [0.15, 0.2) is 0 Å². The van der Waals surface area contributed by atoms with Crippen LogP contribution < -0.4 is 15.4 Å². The summed E-state index contributed by atoms with van der Waals surface area (Å²) in [7, 11) is 1.65. The Hall–Kier alpha value is -1.71. The number of hydrogen-bond acceptors (Lipinski definition) is 2. The number of amides is 2. The van der Waals surface area contributed by atoms with E-state index >= 15 is 0 Å². The number of rotatable bonds is 6. The predicted octanol–water partition coefficient (Wildman–Crippen LogP) is 2.19. The van der Waals surface area contributed by atoms with Gasteiger partial charge in [-0.15, -0.1) is 0 Å². The molecule has 0 saturated heterocycles. The molecule has 100 valence electrons. The minimum Gasteiger partial charge on any atom is -0.496 e. The molecule has 2 N–H and O–H groups in total. The highest BCUT2D eigenvalue weighted by Gasteiger charge is 2.03. The van der Waals surface area contributed by atoms with Gasteiger partial charge in [-0.1, -0.05) is 32.0 Å². The highest BCUT2D eigenvalue weighted by molar-refractivity contribution is 5.73. The Morgan fingerprint density at radius 3 is 2.67 bits per heavy atom. The van der Waals surface area contributed by atoms with E-state index in [2.05, 4.69) is 24.5 Å². The number of benzene rings is 1. The molecule has 0 bridgehead atoms. The van der Waals surface area contributed by atoms with Gasteiger partial charge in [-0.2, -0.15) is 0 Å². The molecule has 1 rings (SSSR count). The van der Waals surface area contributed by atoms with Crippen molar-refractivity contribution in [3.8, 4) is 5.75 Å². The molecule has 0 spiro atoms. The number of methoxy groups -OCH3 is 1. The zero-order chi connectivity index (χ0) is 13.4. The van der Waals surface area contributed by atoms with Gasteiger partial charge in [0.05, 0.1) is 7.11 Å². The third kappa shape index (κ3) is 5.08. The maximum Gasteiger partial charge on any atom is 0.314 e. The van der Waals surface area contributed by atoms with E-state index in [1.54, 1.807) is 7.11 Å². The Labute approximate surface area is 109 Å². The third-order valence-corrected chi connectivity index (χ3v) is 2.54. The van der Waals surface area contributed by atoms with Gasteiger partial charge in [-0.05, 0) is 24.0 Å². The van der Waals surface area contributed by atoms with Gasteiger partial charge in [-0.25, -0.2) is 4.79 Å². The van der Waals surface area contributed by atoms with E-state index in [1.165, 1.54) is 0 Å². The Balaban J connectivity index is 2.31. The van der Waals surface area contributed by atoms with Crippen LogP contribution in [0.25, 0.3) is 0 Å². The second-order valence-corrected chi connectivity index (χ2v) is 4.59. The van der Waals surface area contributed by atoms with E-state index in [0.29, 0.717) is 19.0 Å². The lowest BCUT2D eigenvalue weighted by Crippen LogP contribution is -2.38. The lowest BCUT2D eigenvalue weighted by Gasteiger charge is -2.11. The van der Waals surface area contributed by atoms with Crippen molar-refractivity contribution in [1.29, 1.82) is 0 Å². The Kier molecular flexibility index (Phi) is 6.05. The fraction of sp³-hybridized carbons (Fsp3) is 0.500. The van der Waals surface area contributed by atoms with E-state index in [4.69, 9.17) is 4.74 Å². The first-order chi connectivity index (χ1) is 8.63. The van der Waals surface area contributed by atoms with Gasteiger partial charge < -0.3 is 15.4 Å². The lowest BCUT2D eigenvalue weighted by atomic mass is 10.1. The summed E-state index contributed by atoms with van der Waals surface area (Å²) >= 11 is 0. The minimum absolute atomic E-state index is 0.112. The normalized spacial score (nSPS) is 10.2. The first-order valence-electron chi connectivity index (χ1n) is 6.27. The van der Waals surface area contributed by atoms with Crippen LogP contribution in [0.2, 0.25) is 0 Å². The number of carbonyl (C=O) groups is 1. The summed E-state index contributed by atoms with van der Waals surface area (Å²) in [5, 5.41) is 5.65. The largest absolute Gasteiger partial charge is 0.496 e. The Morgan fingerprint density at radius 2 is 2.00 bits per heavy atom. The van der Waals surface area contributed by atoms with Crippen molar-refractivity contribution in [2.24, 2.45) is 5.92 Å². The maximum atomic E-state index is 11.4. The molecule has 0 radical (unpaired) electrons. The standard InChI is InChI=1S/C14H22N2O2/c1-11(2)10-16-14(17)15-9-8-12-6-4-5-7-13(12)18-3/h4-7,11H,8-10H2,1-3H3,(H2,15,16,17). The summed E-state index contributed by atoms with van der Waals surface area (Å²) in [5.41, 5.74) is 1.10. The second kappa shape index (κ2) is 7.58. The molecule has 2 amide bonds. The SMILES string of the molecule is COc1ccccc1CCNC(=O)NCC(C)C. The summed E-state index contributed by atoms with van der Waals surface area (Å²) < 4.78 is 5.25. The molecule has 0 aromatic heterocycles. The van der Waals surface area contributed by atoms with E-state index in [0.717, 1.165) is 17.7 Å². The average Bonchev–Trinajstić information content (AvgIpc) is 2.37. The smallest absolute Gasteiger partial charge is 0.314 e. The van der Waals surface area contributed by atoms with Crippen LogP contribution in [0.1, 0.15) is 19.4 Å². The van der Waals surface area contributed by atoms with E-state index in [-0.39, 0.29) is 6.03 Å². The molecule has 0 unspecified atom stereocenters. The number of urea groups is 1. The van der Waals surface area contributed by atoms with Crippen LogP contribution in [0.4, 0.5) is 4.79 Å². The zero-order valence-corrected chi connectivity index (χ0v) is 11.3. The molecule has 0 heterocycles. The van der Waals surface area contributed by atoms with Gasteiger partial charge in [0.1, 0.15) is 5.75 Å². The molecule has 4 nitrogen and oxygen atoms in total. The molecule has 0 fully saturated rings. The van der Waals surface area contributed by atoms with Crippen LogP contribution in [0.3, 0.4) is 0 Å². The highest BCUT2D eigenvalue weighted by atomic mass is 16.5. The lowest BCUT2D eigenvalue weighted by molar-refractivity contribution is 0.239. The van der Waals surface area contributed by atoms with E-state index < -0.39 is 0 Å². The summed E-state index contributed by atoms with van der Waals surface area (Å²) in [4.78, 5) is 11.4.